The maximum atomic E-state index is 12.3. The maximum absolute atomic E-state index is 12.3. The number of nitrogens with zero attached hydrogens (tertiary/aromatic N) is 2. The first-order valence-electron chi connectivity index (χ1n) is 7.22. The average molecular weight is 327 g/mol. The SMILES string of the molecule is O=c1c(=O)n(Cc2cccc(Cl)c2)ccn1Cc1ccccc1. The Labute approximate surface area is 138 Å². The quantitative estimate of drug-likeness (QED) is 0.692. The lowest BCUT2D eigenvalue weighted by atomic mass is 10.2. The van der Waals surface area contributed by atoms with Gasteiger partial charge < -0.3 is 9.13 Å². The molecule has 0 bridgehead atoms. The Morgan fingerprint density at radius 2 is 1.30 bits per heavy atom. The van der Waals surface area contributed by atoms with Crippen LogP contribution in [-0.2, 0) is 13.1 Å². The molecule has 0 saturated carbocycles. The van der Waals surface area contributed by atoms with Crippen molar-refractivity contribution >= 4 is 11.6 Å². The summed E-state index contributed by atoms with van der Waals surface area (Å²) >= 11 is 5.94. The molecular weight excluding hydrogens is 312 g/mol. The van der Waals surface area contributed by atoms with Crippen LogP contribution in [0.15, 0.2) is 76.6 Å². The Hall–Kier alpha value is -2.59. The Morgan fingerprint density at radius 3 is 1.91 bits per heavy atom. The predicted octanol–water partition coefficient (Wildman–Crippen LogP) is 2.76. The lowest BCUT2D eigenvalue weighted by Crippen LogP contribution is -2.40. The van der Waals surface area contributed by atoms with Gasteiger partial charge in [0.05, 0.1) is 13.1 Å². The minimum atomic E-state index is -0.539. The zero-order valence-electron chi connectivity index (χ0n) is 12.4. The molecule has 0 aliphatic heterocycles. The fourth-order valence-corrected chi connectivity index (χ4v) is 2.62. The monoisotopic (exact) mass is 326 g/mol. The summed E-state index contributed by atoms with van der Waals surface area (Å²) in [6.45, 7) is 0.702. The standard InChI is InChI=1S/C18H15ClN2O2/c19-16-8-4-7-15(11-16)13-21-10-9-20(17(22)18(21)23)12-14-5-2-1-3-6-14/h1-11H,12-13H2. The van der Waals surface area contributed by atoms with Crippen LogP contribution in [0.5, 0.6) is 0 Å². The van der Waals surface area contributed by atoms with Gasteiger partial charge in [-0.15, -0.1) is 0 Å². The molecule has 3 aromatic rings. The molecule has 0 amide bonds. The number of benzene rings is 2. The van der Waals surface area contributed by atoms with Gasteiger partial charge in [-0.2, -0.15) is 0 Å². The number of hydrogen-bond acceptors (Lipinski definition) is 2. The highest BCUT2D eigenvalue weighted by molar-refractivity contribution is 6.30. The third-order valence-corrected chi connectivity index (χ3v) is 3.80. The number of hydrogen-bond donors (Lipinski definition) is 0. The van der Waals surface area contributed by atoms with E-state index in [0.717, 1.165) is 11.1 Å². The van der Waals surface area contributed by atoms with Crippen LogP contribution in [0.3, 0.4) is 0 Å². The average Bonchev–Trinajstić information content (AvgIpc) is 2.56. The topological polar surface area (TPSA) is 44.0 Å². The third kappa shape index (κ3) is 3.60. The first-order chi connectivity index (χ1) is 11.1. The summed E-state index contributed by atoms with van der Waals surface area (Å²) < 4.78 is 2.82. The zero-order chi connectivity index (χ0) is 16.2. The maximum Gasteiger partial charge on any atom is 0.316 e. The fourth-order valence-electron chi connectivity index (χ4n) is 2.40. The van der Waals surface area contributed by atoms with E-state index in [0.29, 0.717) is 18.1 Å². The molecule has 0 fully saturated rings. The fraction of sp³-hybridized carbons (Fsp3) is 0.111. The summed E-state index contributed by atoms with van der Waals surface area (Å²) in [5, 5.41) is 0.605. The second-order valence-electron chi connectivity index (χ2n) is 5.28. The van der Waals surface area contributed by atoms with Crippen molar-refractivity contribution in [1.82, 2.24) is 9.13 Å². The number of halogens is 1. The van der Waals surface area contributed by atoms with Crippen molar-refractivity contribution in [3.63, 3.8) is 0 Å². The van der Waals surface area contributed by atoms with Crippen molar-refractivity contribution in [3.05, 3.63) is 104 Å². The van der Waals surface area contributed by atoms with Crippen LogP contribution in [-0.4, -0.2) is 9.13 Å². The second kappa shape index (κ2) is 6.67. The number of rotatable bonds is 4. The summed E-state index contributed by atoms with van der Waals surface area (Å²) in [5.74, 6) is 0. The van der Waals surface area contributed by atoms with Crippen LogP contribution in [0.2, 0.25) is 5.02 Å². The van der Waals surface area contributed by atoms with E-state index in [2.05, 4.69) is 0 Å². The van der Waals surface area contributed by atoms with Crippen molar-refractivity contribution in [3.8, 4) is 0 Å². The highest BCUT2D eigenvalue weighted by Gasteiger charge is 2.06. The molecule has 3 rings (SSSR count). The molecule has 1 heterocycles. The largest absolute Gasteiger partial charge is 0.316 e. The van der Waals surface area contributed by atoms with Gasteiger partial charge in [0, 0.05) is 17.4 Å². The predicted molar refractivity (Wildman–Crippen MR) is 91.1 cm³/mol. The van der Waals surface area contributed by atoms with Gasteiger partial charge in [0.15, 0.2) is 0 Å². The van der Waals surface area contributed by atoms with E-state index >= 15 is 0 Å². The van der Waals surface area contributed by atoms with E-state index in [1.54, 1.807) is 24.5 Å². The van der Waals surface area contributed by atoms with Gasteiger partial charge in [0.2, 0.25) is 0 Å². The molecule has 2 aromatic carbocycles. The molecule has 0 spiro atoms. The summed E-state index contributed by atoms with van der Waals surface area (Å²) in [6.07, 6.45) is 3.27. The molecule has 0 atom stereocenters. The Kier molecular flexibility index (Phi) is 4.44. The van der Waals surface area contributed by atoms with Crippen LogP contribution >= 0.6 is 11.6 Å². The Bertz CT molecular complexity index is 929. The van der Waals surface area contributed by atoms with Crippen molar-refractivity contribution in [1.29, 1.82) is 0 Å². The van der Waals surface area contributed by atoms with Crippen LogP contribution in [0, 0.1) is 0 Å². The molecule has 4 nitrogen and oxygen atoms in total. The van der Waals surface area contributed by atoms with E-state index in [1.165, 1.54) is 9.13 Å². The molecule has 116 valence electrons. The van der Waals surface area contributed by atoms with Gasteiger partial charge >= 0.3 is 11.1 Å². The van der Waals surface area contributed by atoms with Gasteiger partial charge in [-0.1, -0.05) is 54.1 Å². The summed E-state index contributed by atoms with van der Waals surface area (Å²) in [6, 6.07) is 16.8. The smallest absolute Gasteiger partial charge is 0.305 e. The molecule has 0 N–H and O–H groups in total. The van der Waals surface area contributed by atoms with E-state index in [1.807, 2.05) is 42.5 Å². The highest BCUT2D eigenvalue weighted by atomic mass is 35.5. The first kappa shape index (κ1) is 15.3. The first-order valence-corrected chi connectivity index (χ1v) is 7.59. The third-order valence-electron chi connectivity index (χ3n) is 3.57. The van der Waals surface area contributed by atoms with Gasteiger partial charge in [-0.3, -0.25) is 9.59 Å². The lowest BCUT2D eigenvalue weighted by molar-refractivity contribution is 0.666. The molecule has 0 saturated heterocycles. The molecule has 1 aromatic heterocycles. The van der Waals surface area contributed by atoms with Crippen LogP contribution in [0.25, 0.3) is 0 Å². The summed E-state index contributed by atoms with van der Waals surface area (Å²) in [5.41, 5.74) is 0.781. The second-order valence-corrected chi connectivity index (χ2v) is 5.72. The van der Waals surface area contributed by atoms with Gasteiger partial charge in [-0.05, 0) is 23.3 Å². The van der Waals surface area contributed by atoms with E-state index in [9.17, 15) is 9.59 Å². The molecule has 0 radical (unpaired) electrons. The minimum Gasteiger partial charge on any atom is -0.305 e. The highest BCUT2D eigenvalue weighted by Crippen LogP contribution is 2.11. The van der Waals surface area contributed by atoms with Crippen molar-refractivity contribution in [2.45, 2.75) is 13.1 Å². The summed E-state index contributed by atoms with van der Waals surface area (Å²) in [7, 11) is 0. The molecular formula is C18H15ClN2O2. The molecule has 0 aliphatic rings. The van der Waals surface area contributed by atoms with Crippen LogP contribution in [0.4, 0.5) is 0 Å². The van der Waals surface area contributed by atoms with Crippen molar-refractivity contribution in [2.75, 3.05) is 0 Å². The number of aromatic nitrogens is 2. The molecule has 23 heavy (non-hydrogen) atoms. The lowest BCUT2D eigenvalue weighted by Gasteiger charge is -2.09. The van der Waals surface area contributed by atoms with Crippen molar-refractivity contribution < 1.29 is 0 Å². The van der Waals surface area contributed by atoms with E-state index in [4.69, 9.17) is 11.6 Å². The minimum absolute atomic E-state index is 0.320. The molecule has 0 unspecified atom stereocenters. The Balaban J connectivity index is 1.89. The van der Waals surface area contributed by atoms with Gasteiger partial charge in [-0.25, -0.2) is 0 Å². The normalized spacial score (nSPS) is 10.7. The van der Waals surface area contributed by atoms with Crippen LogP contribution < -0.4 is 11.1 Å². The van der Waals surface area contributed by atoms with E-state index < -0.39 is 11.1 Å². The van der Waals surface area contributed by atoms with Crippen LogP contribution in [0.1, 0.15) is 11.1 Å². The summed E-state index contributed by atoms with van der Waals surface area (Å²) in [4.78, 5) is 24.5. The van der Waals surface area contributed by atoms with E-state index in [-0.39, 0.29) is 0 Å². The Morgan fingerprint density at radius 1 is 0.739 bits per heavy atom. The zero-order valence-corrected chi connectivity index (χ0v) is 13.1. The van der Waals surface area contributed by atoms with Crippen molar-refractivity contribution in [2.24, 2.45) is 0 Å². The van der Waals surface area contributed by atoms with Gasteiger partial charge in [0.25, 0.3) is 0 Å². The molecule has 0 aliphatic carbocycles. The van der Waals surface area contributed by atoms with Gasteiger partial charge in [0.1, 0.15) is 0 Å². The molecule has 5 heteroatoms.